The van der Waals surface area contributed by atoms with Crippen LogP contribution < -0.4 is 11.3 Å². The Morgan fingerprint density at radius 1 is 1.69 bits per heavy atom. The van der Waals surface area contributed by atoms with Gasteiger partial charge < -0.3 is 5.11 Å². The molecule has 1 rings (SSSR count). The van der Waals surface area contributed by atoms with Crippen LogP contribution in [0.4, 0.5) is 0 Å². The molecule has 94 valence electrons. The van der Waals surface area contributed by atoms with Crippen molar-refractivity contribution < 1.29 is 9.90 Å². The van der Waals surface area contributed by atoms with Gasteiger partial charge in [-0.25, -0.2) is 5.84 Å². The Balaban J connectivity index is 2.53. The molecule has 1 aliphatic heterocycles. The van der Waals surface area contributed by atoms with Crippen LogP contribution >= 0.6 is 0 Å². The van der Waals surface area contributed by atoms with Crippen molar-refractivity contribution in [2.45, 2.75) is 38.6 Å². The van der Waals surface area contributed by atoms with Crippen LogP contribution in [-0.4, -0.2) is 41.7 Å². The van der Waals surface area contributed by atoms with Crippen molar-refractivity contribution in [1.82, 2.24) is 10.3 Å². The Kier molecular flexibility index (Phi) is 5.73. The van der Waals surface area contributed by atoms with Crippen LogP contribution in [-0.2, 0) is 4.79 Å². The molecule has 0 aromatic carbocycles. The van der Waals surface area contributed by atoms with E-state index in [4.69, 9.17) is 10.9 Å². The molecule has 5 nitrogen and oxygen atoms in total. The minimum atomic E-state index is -0.119. The number of hydrogen-bond donors (Lipinski definition) is 3. The van der Waals surface area contributed by atoms with Gasteiger partial charge in [0.2, 0.25) is 0 Å². The van der Waals surface area contributed by atoms with Crippen LogP contribution in [0.15, 0.2) is 0 Å². The number of amides is 1. The first-order chi connectivity index (χ1) is 7.72. The van der Waals surface area contributed by atoms with E-state index < -0.39 is 0 Å². The van der Waals surface area contributed by atoms with E-state index in [-0.39, 0.29) is 18.6 Å². The first-order valence-corrected chi connectivity index (χ1v) is 6.08. The zero-order valence-corrected chi connectivity index (χ0v) is 9.98. The molecule has 1 amide bonds. The summed E-state index contributed by atoms with van der Waals surface area (Å²) in [6, 6.07) is -0.119. The maximum Gasteiger partial charge on any atom is 0.251 e. The lowest BCUT2D eigenvalue weighted by atomic mass is 9.93. The van der Waals surface area contributed by atoms with Gasteiger partial charge in [-0.05, 0) is 38.1 Å². The van der Waals surface area contributed by atoms with Gasteiger partial charge in [-0.15, -0.1) is 0 Å². The lowest BCUT2D eigenvalue weighted by Crippen LogP contribution is -2.51. The fourth-order valence-corrected chi connectivity index (χ4v) is 2.50. The lowest BCUT2D eigenvalue weighted by molar-refractivity contribution is -0.127. The number of nitrogens with one attached hydrogen (secondary N) is 1. The quantitative estimate of drug-likeness (QED) is 0.348. The zero-order chi connectivity index (χ0) is 12.0. The number of piperidine rings is 1. The normalized spacial score (nSPS) is 24.1. The van der Waals surface area contributed by atoms with Gasteiger partial charge in [0, 0.05) is 13.2 Å². The van der Waals surface area contributed by atoms with E-state index in [1.54, 1.807) is 0 Å². The highest BCUT2D eigenvalue weighted by Gasteiger charge is 2.28. The number of aliphatic hydroxyl groups excluding tert-OH is 1. The van der Waals surface area contributed by atoms with Crippen LogP contribution in [0.5, 0.6) is 0 Å². The largest absolute Gasteiger partial charge is 0.396 e. The molecule has 2 atom stereocenters. The van der Waals surface area contributed by atoms with Crippen LogP contribution in [0.3, 0.4) is 0 Å². The molecule has 0 bridgehead atoms. The van der Waals surface area contributed by atoms with Gasteiger partial charge in [0.1, 0.15) is 0 Å². The Labute approximate surface area is 97.0 Å². The highest BCUT2D eigenvalue weighted by molar-refractivity contribution is 5.81. The molecule has 1 saturated heterocycles. The highest BCUT2D eigenvalue weighted by Crippen LogP contribution is 2.21. The molecular formula is C11H23N3O2. The summed E-state index contributed by atoms with van der Waals surface area (Å²) in [7, 11) is 0. The average Bonchev–Trinajstić information content (AvgIpc) is 2.31. The van der Waals surface area contributed by atoms with Crippen molar-refractivity contribution in [3.05, 3.63) is 0 Å². The second kappa shape index (κ2) is 6.83. The van der Waals surface area contributed by atoms with Gasteiger partial charge in [0.25, 0.3) is 5.91 Å². The fourth-order valence-electron chi connectivity index (χ4n) is 2.50. The van der Waals surface area contributed by atoms with Crippen molar-refractivity contribution in [2.75, 3.05) is 19.7 Å². The molecular weight excluding hydrogens is 206 g/mol. The van der Waals surface area contributed by atoms with Crippen molar-refractivity contribution in [3.63, 3.8) is 0 Å². The summed E-state index contributed by atoms with van der Waals surface area (Å²) in [6.45, 7) is 4.08. The van der Waals surface area contributed by atoms with E-state index in [0.29, 0.717) is 5.92 Å². The smallest absolute Gasteiger partial charge is 0.251 e. The number of nitrogens with two attached hydrogens (primary N) is 1. The second-order valence-electron chi connectivity index (χ2n) is 4.45. The van der Waals surface area contributed by atoms with Crippen LogP contribution in [0.1, 0.15) is 32.6 Å². The maximum absolute atomic E-state index is 11.6. The highest BCUT2D eigenvalue weighted by atomic mass is 16.3. The molecule has 2 unspecified atom stereocenters. The first kappa shape index (κ1) is 13.4. The molecule has 1 heterocycles. The molecule has 0 saturated carbocycles. The standard InChI is InChI=1S/C11H23N3O2/c1-2-10(11(16)13-12)14-6-3-4-9(8-14)5-7-15/h9-10,15H,2-8,12H2,1H3,(H,13,16). The molecule has 1 aliphatic rings. The monoisotopic (exact) mass is 229 g/mol. The predicted molar refractivity (Wildman–Crippen MR) is 62.4 cm³/mol. The van der Waals surface area contributed by atoms with E-state index in [1.807, 2.05) is 6.92 Å². The lowest BCUT2D eigenvalue weighted by Gasteiger charge is -2.36. The van der Waals surface area contributed by atoms with Gasteiger partial charge in [0.15, 0.2) is 0 Å². The van der Waals surface area contributed by atoms with E-state index in [1.165, 1.54) is 0 Å². The number of aliphatic hydroxyl groups is 1. The first-order valence-electron chi connectivity index (χ1n) is 6.08. The van der Waals surface area contributed by atoms with E-state index in [2.05, 4.69) is 10.3 Å². The van der Waals surface area contributed by atoms with E-state index in [0.717, 1.165) is 38.8 Å². The van der Waals surface area contributed by atoms with Gasteiger partial charge in [-0.3, -0.25) is 15.1 Å². The van der Waals surface area contributed by atoms with Crippen molar-refractivity contribution in [3.8, 4) is 0 Å². The third-order valence-corrected chi connectivity index (χ3v) is 3.36. The molecule has 0 spiro atoms. The number of rotatable bonds is 5. The zero-order valence-electron chi connectivity index (χ0n) is 9.98. The van der Waals surface area contributed by atoms with E-state index in [9.17, 15) is 4.79 Å². The molecule has 0 aliphatic carbocycles. The fraction of sp³-hybridized carbons (Fsp3) is 0.909. The Morgan fingerprint density at radius 3 is 3.00 bits per heavy atom. The summed E-state index contributed by atoms with van der Waals surface area (Å²) >= 11 is 0. The number of hydrazine groups is 1. The molecule has 0 aromatic heterocycles. The van der Waals surface area contributed by atoms with Crippen molar-refractivity contribution >= 4 is 5.91 Å². The van der Waals surface area contributed by atoms with Crippen LogP contribution in [0.25, 0.3) is 0 Å². The third kappa shape index (κ3) is 3.43. The molecule has 4 N–H and O–H groups in total. The number of carbonyl (C=O) groups is 1. The molecule has 16 heavy (non-hydrogen) atoms. The minimum Gasteiger partial charge on any atom is -0.396 e. The van der Waals surface area contributed by atoms with Gasteiger partial charge in [-0.1, -0.05) is 6.92 Å². The average molecular weight is 229 g/mol. The molecule has 5 heteroatoms. The number of likely N-dealkylation sites (tertiary alicyclic amines) is 1. The summed E-state index contributed by atoms with van der Waals surface area (Å²) in [6.07, 6.45) is 3.85. The Morgan fingerprint density at radius 2 is 2.44 bits per heavy atom. The Hall–Kier alpha value is -0.650. The third-order valence-electron chi connectivity index (χ3n) is 3.36. The number of nitrogens with zero attached hydrogens (tertiary/aromatic N) is 1. The topological polar surface area (TPSA) is 78.6 Å². The van der Waals surface area contributed by atoms with Gasteiger partial charge >= 0.3 is 0 Å². The molecule has 0 aromatic rings. The summed E-state index contributed by atoms with van der Waals surface area (Å²) in [5.41, 5.74) is 2.23. The van der Waals surface area contributed by atoms with Gasteiger partial charge in [-0.2, -0.15) is 0 Å². The Bertz CT molecular complexity index is 221. The summed E-state index contributed by atoms with van der Waals surface area (Å²) < 4.78 is 0. The van der Waals surface area contributed by atoms with Crippen molar-refractivity contribution in [1.29, 1.82) is 0 Å². The summed E-state index contributed by atoms with van der Waals surface area (Å²) in [5.74, 6) is 5.59. The maximum atomic E-state index is 11.6. The van der Waals surface area contributed by atoms with Gasteiger partial charge in [0.05, 0.1) is 6.04 Å². The summed E-state index contributed by atoms with van der Waals surface area (Å²) in [4.78, 5) is 13.8. The second-order valence-corrected chi connectivity index (χ2v) is 4.45. The molecule has 1 fully saturated rings. The number of hydrogen-bond acceptors (Lipinski definition) is 4. The predicted octanol–water partition coefficient (Wildman–Crippen LogP) is -0.151. The summed E-state index contributed by atoms with van der Waals surface area (Å²) in [5, 5.41) is 8.94. The minimum absolute atomic E-state index is 0.104. The van der Waals surface area contributed by atoms with Crippen molar-refractivity contribution in [2.24, 2.45) is 11.8 Å². The molecule has 0 radical (unpaired) electrons. The van der Waals surface area contributed by atoms with Crippen LogP contribution in [0.2, 0.25) is 0 Å². The SMILES string of the molecule is CCC(C(=O)NN)N1CCCC(CCO)C1. The van der Waals surface area contributed by atoms with Crippen LogP contribution in [0, 0.1) is 5.92 Å². The van der Waals surface area contributed by atoms with E-state index >= 15 is 0 Å². The number of carbonyl (C=O) groups excluding carboxylic acids is 1.